The summed E-state index contributed by atoms with van der Waals surface area (Å²) in [6, 6.07) is 3.08. The number of hydrogen-bond donors (Lipinski definition) is 2. The van der Waals surface area contributed by atoms with Crippen LogP contribution in [0, 0.1) is 18.7 Å². The lowest BCUT2D eigenvalue weighted by Gasteiger charge is -2.19. The molecular formula is C30H39FN6O5. The molecule has 3 heterocycles. The minimum atomic E-state index is -1.21. The molecule has 3 aromatic heterocycles. The molecule has 0 aliphatic heterocycles. The molecule has 0 bridgehead atoms. The Morgan fingerprint density at radius 2 is 1.90 bits per heavy atom. The first kappa shape index (κ1) is 32.0. The summed E-state index contributed by atoms with van der Waals surface area (Å²) in [5, 5.41) is 2.59. The first-order valence-electron chi connectivity index (χ1n) is 13.7. The predicted molar refractivity (Wildman–Crippen MR) is 159 cm³/mol. The third-order valence-corrected chi connectivity index (χ3v) is 6.63. The van der Waals surface area contributed by atoms with Crippen molar-refractivity contribution in [3.05, 3.63) is 69.7 Å². The maximum atomic E-state index is 14.6. The van der Waals surface area contributed by atoms with Gasteiger partial charge in [0.1, 0.15) is 11.5 Å². The summed E-state index contributed by atoms with van der Waals surface area (Å²) >= 11 is 0. The molecule has 0 spiro atoms. The van der Waals surface area contributed by atoms with Crippen molar-refractivity contribution < 1.29 is 23.5 Å². The third-order valence-electron chi connectivity index (χ3n) is 6.63. The minimum absolute atomic E-state index is 0.00478. The van der Waals surface area contributed by atoms with Crippen LogP contribution >= 0.6 is 0 Å². The number of anilines is 1. The number of rotatable bonds is 11. The number of nitrogens with one attached hydrogen (secondary N) is 2. The predicted octanol–water partition coefficient (Wildman–Crippen LogP) is 3.85. The van der Waals surface area contributed by atoms with E-state index >= 15 is 0 Å². The molecule has 0 fully saturated rings. The van der Waals surface area contributed by atoms with Crippen molar-refractivity contribution in [3.8, 4) is 0 Å². The Hall–Kier alpha value is -4.48. The van der Waals surface area contributed by atoms with Gasteiger partial charge in [-0.2, -0.15) is 0 Å². The molecule has 226 valence electrons. The first-order valence-corrected chi connectivity index (χ1v) is 13.7. The Morgan fingerprint density at radius 1 is 1.19 bits per heavy atom. The summed E-state index contributed by atoms with van der Waals surface area (Å²) in [6.45, 7) is 6.02. The molecule has 0 aliphatic rings. The lowest BCUT2D eigenvalue weighted by atomic mass is 10.0. The lowest BCUT2D eigenvalue weighted by molar-refractivity contribution is -0.125. The molecule has 0 unspecified atom stereocenters. The second-order valence-corrected chi connectivity index (χ2v) is 11.0. The van der Waals surface area contributed by atoms with Gasteiger partial charge in [0.25, 0.3) is 11.5 Å². The van der Waals surface area contributed by atoms with Crippen molar-refractivity contribution in [2.75, 3.05) is 33.5 Å². The maximum absolute atomic E-state index is 14.6. The fourth-order valence-corrected chi connectivity index (χ4v) is 4.29. The first-order chi connectivity index (χ1) is 19.8. The van der Waals surface area contributed by atoms with Crippen LogP contribution in [0.3, 0.4) is 0 Å². The molecule has 3 aromatic rings. The van der Waals surface area contributed by atoms with Gasteiger partial charge in [0, 0.05) is 45.6 Å². The van der Waals surface area contributed by atoms with Crippen LogP contribution in [0.4, 0.5) is 14.9 Å². The molecule has 1 atom stereocenters. The highest BCUT2D eigenvalue weighted by molar-refractivity contribution is 5.95. The van der Waals surface area contributed by atoms with Crippen LogP contribution in [0.1, 0.15) is 43.5 Å². The molecule has 3 amide bonds. The number of pyridine rings is 2. The molecule has 11 nitrogen and oxygen atoms in total. The van der Waals surface area contributed by atoms with Crippen LogP contribution in [0.15, 0.2) is 41.5 Å². The van der Waals surface area contributed by atoms with E-state index in [-0.39, 0.29) is 42.7 Å². The van der Waals surface area contributed by atoms with Gasteiger partial charge < -0.3 is 29.4 Å². The normalized spacial score (nSPS) is 12.1. The van der Waals surface area contributed by atoms with Crippen molar-refractivity contribution >= 4 is 34.6 Å². The van der Waals surface area contributed by atoms with E-state index in [4.69, 9.17) is 4.74 Å². The molecule has 42 heavy (non-hydrogen) atoms. The van der Waals surface area contributed by atoms with E-state index in [0.717, 1.165) is 5.56 Å². The third kappa shape index (κ3) is 7.83. The number of carbonyl (C=O) groups is 3. The Morgan fingerprint density at radius 3 is 2.55 bits per heavy atom. The highest BCUT2D eigenvalue weighted by Gasteiger charge is 2.25. The van der Waals surface area contributed by atoms with E-state index in [9.17, 15) is 23.6 Å². The summed E-state index contributed by atoms with van der Waals surface area (Å²) in [5.41, 5.74) is 2.83. The smallest absolute Gasteiger partial charge is 0.410 e. The highest BCUT2D eigenvalue weighted by Crippen LogP contribution is 2.27. The van der Waals surface area contributed by atoms with Gasteiger partial charge >= 0.3 is 6.09 Å². The van der Waals surface area contributed by atoms with Crippen LogP contribution < -0.4 is 10.9 Å². The zero-order chi connectivity index (χ0) is 31.1. The lowest BCUT2D eigenvalue weighted by Crippen LogP contribution is -2.37. The number of amides is 3. The minimum Gasteiger partial charge on any atom is -0.436 e. The molecule has 12 heteroatoms. The van der Waals surface area contributed by atoms with E-state index in [1.165, 1.54) is 46.8 Å². The van der Waals surface area contributed by atoms with Crippen LogP contribution in [-0.4, -0.2) is 76.5 Å². The number of aromatic nitrogens is 3. The zero-order valence-electron chi connectivity index (χ0n) is 25.2. The van der Waals surface area contributed by atoms with Crippen molar-refractivity contribution in [1.29, 1.82) is 0 Å². The number of halogens is 1. The number of aromatic amines is 1. The number of hydrogen-bond acceptors (Lipinski definition) is 6. The van der Waals surface area contributed by atoms with Crippen molar-refractivity contribution in [2.45, 2.75) is 52.7 Å². The van der Waals surface area contributed by atoms with Crippen molar-refractivity contribution in [1.82, 2.24) is 24.3 Å². The maximum Gasteiger partial charge on any atom is 0.410 e. The number of likely N-dealkylation sites (N-methyl/N-ethyl adjacent to an activating group) is 1. The molecule has 3 rings (SSSR count). The number of allylic oxidation sites excluding steroid dienone is 1. The Balaban J connectivity index is 1.83. The van der Waals surface area contributed by atoms with Crippen molar-refractivity contribution in [2.24, 2.45) is 5.92 Å². The van der Waals surface area contributed by atoms with E-state index in [2.05, 4.69) is 15.3 Å². The second kappa shape index (κ2) is 13.9. The van der Waals surface area contributed by atoms with E-state index in [1.54, 1.807) is 32.4 Å². The fourth-order valence-electron chi connectivity index (χ4n) is 4.29. The zero-order valence-corrected chi connectivity index (χ0v) is 25.2. The fraction of sp³-hybridized carbons (Fsp3) is 0.433. The van der Waals surface area contributed by atoms with Crippen LogP contribution in [0.25, 0.3) is 11.0 Å². The summed E-state index contributed by atoms with van der Waals surface area (Å²) in [7, 11) is 6.22. The van der Waals surface area contributed by atoms with Crippen molar-refractivity contribution in [3.63, 3.8) is 0 Å². The number of ether oxygens (including phenoxy) is 1. The van der Waals surface area contributed by atoms with Gasteiger partial charge in [-0.05, 0) is 55.9 Å². The van der Waals surface area contributed by atoms with Gasteiger partial charge in [-0.25, -0.2) is 9.18 Å². The SMILES string of the molecule is Cc1c(Cn2cccc(NC(=O)[C@H](CC/C=C/C(=O)N(C)C)OC(=O)N(C)C)c2=O)[nH]c2c(CC(C)C)c(F)cnc12. The van der Waals surface area contributed by atoms with Crippen LogP contribution in [0.2, 0.25) is 0 Å². The average Bonchev–Trinajstić information content (AvgIpc) is 3.24. The van der Waals surface area contributed by atoms with Gasteiger partial charge in [0.2, 0.25) is 5.91 Å². The molecule has 0 radical (unpaired) electrons. The number of H-pyrrole nitrogens is 1. The number of nitrogens with zero attached hydrogens (tertiary/aromatic N) is 4. The van der Waals surface area contributed by atoms with Gasteiger partial charge in [-0.3, -0.25) is 19.4 Å². The second-order valence-electron chi connectivity index (χ2n) is 11.0. The monoisotopic (exact) mass is 582 g/mol. The van der Waals surface area contributed by atoms with E-state index in [0.29, 0.717) is 28.7 Å². The largest absolute Gasteiger partial charge is 0.436 e. The molecule has 0 saturated carbocycles. The molecule has 0 aromatic carbocycles. The van der Waals surface area contributed by atoms with Gasteiger partial charge in [0.15, 0.2) is 6.10 Å². The number of fused-ring (bicyclic) bond motifs is 1. The summed E-state index contributed by atoms with van der Waals surface area (Å²) in [6.07, 6.45) is 4.77. The number of aryl methyl sites for hydroxylation is 1. The highest BCUT2D eigenvalue weighted by atomic mass is 19.1. The van der Waals surface area contributed by atoms with E-state index in [1.807, 2.05) is 20.8 Å². The molecule has 0 aliphatic carbocycles. The van der Waals surface area contributed by atoms with Crippen LogP contribution in [0.5, 0.6) is 0 Å². The molecule has 2 N–H and O–H groups in total. The standard InChI is InChI=1S/C30H39FN6O5/c1-18(2)15-20-21(31)16-32-26-19(3)23(33-27(20)26)17-37-14-10-11-22(29(37)40)34-28(39)24(42-30(41)36(6)7)12-8-9-13-25(38)35(4)5/h9-11,13-14,16,18,24,33H,8,12,15,17H2,1-7H3,(H,34,39)/b13-9+/t24-/m0/s1. The molecule has 0 saturated heterocycles. The summed E-state index contributed by atoms with van der Waals surface area (Å²) < 4.78 is 21.4. The Bertz CT molecular complexity index is 1540. The Labute approximate surface area is 244 Å². The van der Waals surface area contributed by atoms with Crippen LogP contribution in [-0.2, 0) is 27.3 Å². The van der Waals surface area contributed by atoms with Gasteiger partial charge in [-0.15, -0.1) is 0 Å². The van der Waals surface area contributed by atoms with E-state index < -0.39 is 23.7 Å². The van der Waals surface area contributed by atoms with Gasteiger partial charge in [-0.1, -0.05) is 19.9 Å². The quantitative estimate of drug-likeness (QED) is 0.331. The Kier molecular flexibility index (Phi) is 10.6. The molecular weight excluding hydrogens is 543 g/mol. The average molecular weight is 583 g/mol. The summed E-state index contributed by atoms with van der Waals surface area (Å²) in [5.74, 6) is -1.03. The summed E-state index contributed by atoms with van der Waals surface area (Å²) in [4.78, 5) is 60.6. The van der Waals surface area contributed by atoms with Gasteiger partial charge in [0.05, 0.1) is 23.8 Å². The topological polar surface area (TPSA) is 130 Å². The number of carbonyl (C=O) groups excluding carboxylic acids is 3.